The van der Waals surface area contributed by atoms with Gasteiger partial charge >= 0.3 is 5.69 Å². The predicted molar refractivity (Wildman–Crippen MR) is 75.1 cm³/mol. The average Bonchev–Trinajstić information content (AvgIpc) is 2.85. The highest BCUT2D eigenvalue weighted by molar-refractivity contribution is 7.99. The number of nitrogens with zero attached hydrogens (tertiary/aromatic N) is 3. The lowest BCUT2D eigenvalue weighted by atomic mass is 10.2. The van der Waals surface area contributed by atoms with Gasteiger partial charge in [-0.25, -0.2) is 15.8 Å². The van der Waals surface area contributed by atoms with Crippen molar-refractivity contribution in [2.24, 2.45) is 5.84 Å². The van der Waals surface area contributed by atoms with Crippen LogP contribution in [-0.2, 0) is 0 Å². The van der Waals surface area contributed by atoms with Crippen LogP contribution in [0.5, 0.6) is 0 Å². The molecule has 2 atom stereocenters. The molecule has 8 nitrogen and oxygen atoms in total. The minimum absolute atomic E-state index is 0.0150. The van der Waals surface area contributed by atoms with Crippen LogP contribution in [0.4, 0.5) is 17.3 Å². The molecule has 0 spiro atoms. The highest BCUT2D eigenvalue weighted by Gasteiger charge is 2.30. The molecule has 104 valence electrons. The lowest BCUT2D eigenvalue weighted by Crippen LogP contribution is -2.27. The quantitative estimate of drug-likeness (QED) is 0.421. The fourth-order valence-electron chi connectivity index (χ4n) is 2.31. The zero-order valence-corrected chi connectivity index (χ0v) is 11.3. The van der Waals surface area contributed by atoms with Crippen LogP contribution in [0.25, 0.3) is 0 Å². The van der Waals surface area contributed by atoms with Gasteiger partial charge in [0, 0.05) is 11.3 Å². The molecule has 1 fully saturated rings. The average molecular weight is 284 g/mol. The van der Waals surface area contributed by atoms with E-state index in [2.05, 4.69) is 20.7 Å². The molecule has 2 rings (SSSR count). The van der Waals surface area contributed by atoms with Gasteiger partial charge < -0.3 is 10.7 Å². The molecule has 0 saturated heterocycles. The maximum absolute atomic E-state index is 11.1. The number of nitrogens with two attached hydrogens (primary N) is 1. The van der Waals surface area contributed by atoms with Gasteiger partial charge in [0.05, 0.1) is 4.92 Å². The van der Waals surface area contributed by atoms with E-state index in [1.165, 1.54) is 6.33 Å². The number of hydrogen-bond donors (Lipinski definition) is 3. The Morgan fingerprint density at radius 1 is 1.47 bits per heavy atom. The van der Waals surface area contributed by atoms with Crippen molar-refractivity contribution in [2.45, 2.75) is 30.6 Å². The first-order valence-electron chi connectivity index (χ1n) is 5.92. The second-order valence-corrected chi connectivity index (χ2v) is 5.35. The fourth-order valence-corrected chi connectivity index (χ4v) is 3.25. The van der Waals surface area contributed by atoms with Crippen molar-refractivity contribution in [1.82, 2.24) is 9.97 Å². The monoisotopic (exact) mass is 284 g/mol. The highest BCUT2D eigenvalue weighted by atomic mass is 32.2. The van der Waals surface area contributed by atoms with Crippen LogP contribution in [0.2, 0.25) is 0 Å². The Bertz CT molecular complexity index is 471. The smallest absolute Gasteiger partial charge is 0.354 e. The van der Waals surface area contributed by atoms with E-state index in [1.807, 2.05) is 6.26 Å². The van der Waals surface area contributed by atoms with Gasteiger partial charge in [0.15, 0.2) is 0 Å². The molecule has 0 radical (unpaired) electrons. The Balaban J connectivity index is 2.27. The summed E-state index contributed by atoms with van der Waals surface area (Å²) in [5.74, 6) is 5.48. The summed E-state index contributed by atoms with van der Waals surface area (Å²) in [5.41, 5.74) is 2.02. The van der Waals surface area contributed by atoms with Crippen molar-refractivity contribution in [3.63, 3.8) is 0 Å². The molecule has 0 amide bonds. The van der Waals surface area contributed by atoms with E-state index in [4.69, 9.17) is 5.84 Å². The molecule has 1 heterocycles. The molecule has 1 aliphatic carbocycles. The zero-order chi connectivity index (χ0) is 13.8. The number of thioether (sulfide) groups is 1. The Hall–Kier alpha value is -1.61. The molecule has 0 aromatic carbocycles. The maximum atomic E-state index is 11.1. The van der Waals surface area contributed by atoms with Gasteiger partial charge in [0.25, 0.3) is 0 Å². The third kappa shape index (κ3) is 2.87. The normalized spacial score (nSPS) is 22.2. The number of hydrogen-bond acceptors (Lipinski definition) is 8. The molecule has 1 saturated carbocycles. The number of nitro groups is 1. The van der Waals surface area contributed by atoms with Gasteiger partial charge in [0.2, 0.25) is 11.6 Å². The molecule has 0 bridgehead atoms. The van der Waals surface area contributed by atoms with Crippen molar-refractivity contribution in [3.05, 3.63) is 16.4 Å². The fraction of sp³-hybridized carbons (Fsp3) is 0.600. The second kappa shape index (κ2) is 6.02. The molecule has 4 N–H and O–H groups in total. The van der Waals surface area contributed by atoms with Crippen molar-refractivity contribution in [2.75, 3.05) is 17.0 Å². The first kappa shape index (κ1) is 13.8. The third-order valence-corrected chi connectivity index (χ3v) is 4.39. The molecule has 2 unspecified atom stereocenters. The van der Waals surface area contributed by atoms with E-state index < -0.39 is 4.92 Å². The minimum Gasteiger partial charge on any atom is -0.360 e. The van der Waals surface area contributed by atoms with Crippen molar-refractivity contribution >= 4 is 29.1 Å². The molecular formula is C10H16N6O2S. The summed E-state index contributed by atoms with van der Waals surface area (Å²) in [5, 5.41) is 14.7. The van der Waals surface area contributed by atoms with Crippen LogP contribution in [0.1, 0.15) is 19.3 Å². The van der Waals surface area contributed by atoms with Crippen molar-refractivity contribution < 1.29 is 4.92 Å². The van der Waals surface area contributed by atoms with E-state index in [0.717, 1.165) is 19.3 Å². The molecule has 19 heavy (non-hydrogen) atoms. The highest BCUT2D eigenvalue weighted by Crippen LogP contribution is 2.34. The van der Waals surface area contributed by atoms with Crippen LogP contribution in [-0.4, -0.2) is 32.4 Å². The van der Waals surface area contributed by atoms with Crippen LogP contribution in [0, 0.1) is 10.1 Å². The lowest BCUT2D eigenvalue weighted by molar-refractivity contribution is -0.383. The molecule has 9 heteroatoms. The van der Waals surface area contributed by atoms with E-state index in [1.54, 1.807) is 11.8 Å². The first-order chi connectivity index (χ1) is 9.17. The summed E-state index contributed by atoms with van der Waals surface area (Å²) in [7, 11) is 0. The van der Waals surface area contributed by atoms with Crippen LogP contribution in [0.15, 0.2) is 6.33 Å². The zero-order valence-electron chi connectivity index (χ0n) is 10.5. The Kier molecular flexibility index (Phi) is 4.38. The van der Waals surface area contributed by atoms with Crippen LogP contribution in [0.3, 0.4) is 0 Å². The number of rotatable bonds is 5. The van der Waals surface area contributed by atoms with E-state index in [0.29, 0.717) is 5.25 Å². The topological polar surface area (TPSA) is 119 Å². The van der Waals surface area contributed by atoms with E-state index in [-0.39, 0.29) is 23.4 Å². The van der Waals surface area contributed by atoms with Gasteiger partial charge in [-0.2, -0.15) is 11.8 Å². The molecular weight excluding hydrogens is 268 g/mol. The standard InChI is InChI=1S/C10H16N6O2S/c1-19-7-4-2-3-6(7)14-9-8(16(17)18)10(15-11)13-5-12-9/h5-7H,2-4,11H2,1H3,(H2,12,13,14,15). The predicted octanol–water partition coefficient (Wildman–Crippen LogP) is 1.37. The van der Waals surface area contributed by atoms with Gasteiger partial charge in [0.1, 0.15) is 6.33 Å². The van der Waals surface area contributed by atoms with Gasteiger partial charge in [-0.3, -0.25) is 10.1 Å². The summed E-state index contributed by atoms with van der Waals surface area (Å²) >= 11 is 1.77. The number of nitrogens with one attached hydrogen (secondary N) is 2. The van der Waals surface area contributed by atoms with Gasteiger partial charge in [-0.15, -0.1) is 0 Å². The molecule has 0 aliphatic heterocycles. The first-order valence-corrected chi connectivity index (χ1v) is 7.21. The molecule has 1 aromatic rings. The Morgan fingerprint density at radius 2 is 2.21 bits per heavy atom. The van der Waals surface area contributed by atoms with Crippen molar-refractivity contribution in [1.29, 1.82) is 0 Å². The van der Waals surface area contributed by atoms with E-state index >= 15 is 0 Å². The SMILES string of the molecule is CSC1CCCC1Nc1ncnc(NN)c1[N+](=O)[O-]. The Morgan fingerprint density at radius 3 is 2.84 bits per heavy atom. The Labute approximate surface area is 114 Å². The summed E-state index contributed by atoms with van der Waals surface area (Å²) in [4.78, 5) is 18.3. The number of nitrogen functional groups attached to an aromatic ring is 1. The van der Waals surface area contributed by atoms with Crippen molar-refractivity contribution in [3.8, 4) is 0 Å². The van der Waals surface area contributed by atoms with Gasteiger partial charge in [-0.1, -0.05) is 6.42 Å². The number of anilines is 2. The van der Waals surface area contributed by atoms with Crippen LogP contribution >= 0.6 is 11.8 Å². The second-order valence-electron chi connectivity index (χ2n) is 4.28. The van der Waals surface area contributed by atoms with E-state index in [9.17, 15) is 10.1 Å². The summed E-state index contributed by atoms with van der Waals surface area (Å²) in [6.07, 6.45) is 6.52. The summed E-state index contributed by atoms with van der Waals surface area (Å²) in [6.45, 7) is 0. The van der Waals surface area contributed by atoms with Crippen LogP contribution < -0.4 is 16.6 Å². The summed E-state index contributed by atoms with van der Waals surface area (Å²) in [6, 6.07) is 0.189. The molecule has 1 aliphatic rings. The number of hydrazine groups is 1. The lowest BCUT2D eigenvalue weighted by Gasteiger charge is -2.19. The number of aromatic nitrogens is 2. The maximum Gasteiger partial charge on any atom is 0.354 e. The minimum atomic E-state index is -0.527. The summed E-state index contributed by atoms with van der Waals surface area (Å²) < 4.78 is 0. The third-order valence-electron chi connectivity index (χ3n) is 3.22. The largest absolute Gasteiger partial charge is 0.360 e. The molecule has 1 aromatic heterocycles. The van der Waals surface area contributed by atoms with Gasteiger partial charge in [-0.05, 0) is 19.1 Å².